The molecule has 1 N–H and O–H groups in total. The fraction of sp³-hybridized carbons (Fsp3) is 0.364. The molecule has 3 heteroatoms. The molecule has 1 saturated heterocycles. The van der Waals surface area contributed by atoms with Gasteiger partial charge in [-0.25, -0.2) is 0 Å². The second-order valence-corrected chi connectivity index (χ2v) is 3.39. The van der Waals surface area contributed by atoms with Crippen molar-refractivity contribution in [3.05, 3.63) is 30.6 Å². The molecule has 1 aliphatic heterocycles. The van der Waals surface area contributed by atoms with Gasteiger partial charge in [0, 0.05) is 12.7 Å². The molecular formula is C11H14N2O. The van der Waals surface area contributed by atoms with E-state index >= 15 is 0 Å². The van der Waals surface area contributed by atoms with E-state index < -0.39 is 0 Å². The lowest BCUT2D eigenvalue weighted by Crippen LogP contribution is -2.19. The van der Waals surface area contributed by atoms with Crippen LogP contribution in [0.1, 0.15) is 12.0 Å². The molecule has 3 nitrogen and oxygen atoms in total. The third kappa shape index (κ3) is 2.12. The van der Waals surface area contributed by atoms with E-state index in [1.807, 2.05) is 6.07 Å². The van der Waals surface area contributed by atoms with Crippen LogP contribution in [0.4, 0.5) is 0 Å². The number of nitrogens with one attached hydrogen (secondary N) is 1. The molecule has 14 heavy (non-hydrogen) atoms. The summed E-state index contributed by atoms with van der Waals surface area (Å²) in [4.78, 5) is 4.08. The van der Waals surface area contributed by atoms with Crippen LogP contribution in [-0.4, -0.2) is 24.2 Å². The highest BCUT2D eigenvalue weighted by Crippen LogP contribution is 2.15. The number of hydrogen-bond acceptors (Lipinski definition) is 3. The summed E-state index contributed by atoms with van der Waals surface area (Å²) in [6, 6.07) is 1.96. The van der Waals surface area contributed by atoms with Gasteiger partial charge in [-0.15, -0.1) is 0 Å². The van der Waals surface area contributed by atoms with Crippen LogP contribution in [0.25, 0.3) is 6.08 Å². The first-order chi connectivity index (χ1) is 6.88. The highest BCUT2D eigenvalue weighted by molar-refractivity contribution is 5.47. The maximum Gasteiger partial charge on any atom is 0.138 e. The van der Waals surface area contributed by atoms with Crippen LogP contribution in [0.2, 0.25) is 0 Å². The number of rotatable bonds is 3. The molecule has 0 saturated carbocycles. The predicted molar refractivity (Wildman–Crippen MR) is 56.2 cm³/mol. The quantitative estimate of drug-likeness (QED) is 0.783. The minimum absolute atomic E-state index is 0.289. The molecule has 0 radical (unpaired) electrons. The summed E-state index contributed by atoms with van der Waals surface area (Å²) >= 11 is 0. The Balaban J connectivity index is 2.04. The van der Waals surface area contributed by atoms with Gasteiger partial charge in [0.15, 0.2) is 0 Å². The first-order valence-corrected chi connectivity index (χ1v) is 4.83. The van der Waals surface area contributed by atoms with E-state index in [0.717, 1.165) is 30.8 Å². The molecule has 2 rings (SSSR count). The largest absolute Gasteiger partial charge is 0.487 e. The van der Waals surface area contributed by atoms with E-state index in [9.17, 15) is 0 Å². The van der Waals surface area contributed by atoms with Crippen molar-refractivity contribution in [2.75, 3.05) is 13.1 Å². The van der Waals surface area contributed by atoms with Crippen LogP contribution >= 0.6 is 0 Å². The van der Waals surface area contributed by atoms with E-state index in [1.165, 1.54) is 0 Å². The maximum atomic E-state index is 5.74. The Morgan fingerprint density at radius 1 is 1.57 bits per heavy atom. The molecular weight excluding hydrogens is 176 g/mol. The van der Waals surface area contributed by atoms with Crippen molar-refractivity contribution in [3.63, 3.8) is 0 Å². The zero-order chi connectivity index (χ0) is 9.80. The van der Waals surface area contributed by atoms with Crippen LogP contribution in [0, 0.1) is 0 Å². The molecule has 1 aromatic rings. The Bertz CT molecular complexity index is 319. The van der Waals surface area contributed by atoms with Crippen molar-refractivity contribution < 1.29 is 4.74 Å². The monoisotopic (exact) mass is 190 g/mol. The van der Waals surface area contributed by atoms with Crippen LogP contribution in [-0.2, 0) is 0 Å². The molecule has 1 fully saturated rings. The Hall–Kier alpha value is -1.35. The molecule has 74 valence electrons. The molecule has 0 aromatic carbocycles. The van der Waals surface area contributed by atoms with Gasteiger partial charge in [0.05, 0.1) is 6.20 Å². The van der Waals surface area contributed by atoms with Crippen molar-refractivity contribution in [2.45, 2.75) is 12.5 Å². The van der Waals surface area contributed by atoms with Gasteiger partial charge >= 0.3 is 0 Å². The van der Waals surface area contributed by atoms with Gasteiger partial charge in [0.1, 0.15) is 11.9 Å². The summed E-state index contributed by atoms with van der Waals surface area (Å²) < 4.78 is 5.74. The number of ether oxygens (including phenoxy) is 1. The highest BCUT2D eigenvalue weighted by Gasteiger charge is 2.15. The standard InChI is InChI=1S/C11H14N2O/c1-2-9-5-11(8-13-6-9)14-10-3-4-12-7-10/h2,5-6,8,10,12H,1,3-4,7H2/t10-/m1/s1. The molecule has 1 atom stereocenters. The average molecular weight is 190 g/mol. The smallest absolute Gasteiger partial charge is 0.138 e. The zero-order valence-corrected chi connectivity index (χ0v) is 8.07. The van der Waals surface area contributed by atoms with Crippen LogP contribution in [0.5, 0.6) is 5.75 Å². The molecule has 1 aliphatic rings. The van der Waals surface area contributed by atoms with Gasteiger partial charge in [-0.2, -0.15) is 0 Å². The van der Waals surface area contributed by atoms with Gasteiger partial charge in [0.2, 0.25) is 0 Å². The summed E-state index contributed by atoms with van der Waals surface area (Å²) in [7, 11) is 0. The third-order valence-corrected chi connectivity index (χ3v) is 2.29. The number of aromatic nitrogens is 1. The Morgan fingerprint density at radius 3 is 3.21 bits per heavy atom. The minimum atomic E-state index is 0.289. The SMILES string of the molecule is C=Cc1cncc(O[C@@H]2CCNC2)c1. The Kier molecular flexibility index (Phi) is 2.79. The summed E-state index contributed by atoms with van der Waals surface area (Å²) in [5, 5.41) is 3.26. The molecule has 0 spiro atoms. The molecule has 0 unspecified atom stereocenters. The maximum absolute atomic E-state index is 5.74. The number of pyridine rings is 1. The topological polar surface area (TPSA) is 34.1 Å². The Labute approximate surface area is 83.8 Å². The Morgan fingerprint density at radius 2 is 2.50 bits per heavy atom. The first-order valence-electron chi connectivity index (χ1n) is 4.83. The van der Waals surface area contributed by atoms with Gasteiger partial charge in [-0.1, -0.05) is 12.7 Å². The minimum Gasteiger partial charge on any atom is -0.487 e. The zero-order valence-electron chi connectivity index (χ0n) is 8.07. The fourth-order valence-corrected chi connectivity index (χ4v) is 1.53. The lowest BCUT2D eigenvalue weighted by molar-refractivity contribution is 0.222. The molecule has 0 bridgehead atoms. The van der Waals surface area contributed by atoms with Crippen molar-refractivity contribution in [1.29, 1.82) is 0 Å². The van der Waals surface area contributed by atoms with Gasteiger partial charge in [-0.05, 0) is 24.6 Å². The summed E-state index contributed by atoms with van der Waals surface area (Å²) in [5.74, 6) is 0.830. The molecule has 0 amide bonds. The second kappa shape index (κ2) is 4.24. The van der Waals surface area contributed by atoms with Gasteiger partial charge in [-0.3, -0.25) is 4.98 Å². The lowest BCUT2D eigenvalue weighted by Gasteiger charge is -2.11. The molecule has 0 aliphatic carbocycles. The van der Waals surface area contributed by atoms with Crippen molar-refractivity contribution >= 4 is 6.08 Å². The highest BCUT2D eigenvalue weighted by atomic mass is 16.5. The molecule has 2 heterocycles. The van der Waals surface area contributed by atoms with E-state index in [-0.39, 0.29) is 6.10 Å². The van der Waals surface area contributed by atoms with Crippen molar-refractivity contribution in [2.24, 2.45) is 0 Å². The van der Waals surface area contributed by atoms with Crippen LogP contribution in [0.3, 0.4) is 0 Å². The van der Waals surface area contributed by atoms with E-state index in [1.54, 1.807) is 18.5 Å². The van der Waals surface area contributed by atoms with Crippen molar-refractivity contribution in [3.8, 4) is 5.75 Å². The van der Waals surface area contributed by atoms with Crippen molar-refractivity contribution in [1.82, 2.24) is 10.3 Å². The lowest BCUT2D eigenvalue weighted by atomic mass is 10.2. The summed E-state index contributed by atoms with van der Waals surface area (Å²) in [5.41, 5.74) is 0.994. The third-order valence-electron chi connectivity index (χ3n) is 2.29. The van der Waals surface area contributed by atoms with E-state index in [2.05, 4.69) is 16.9 Å². The van der Waals surface area contributed by atoms with E-state index in [0.29, 0.717) is 0 Å². The van der Waals surface area contributed by atoms with Crippen LogP contribution in [0.15, 0.2) is 25.0 Å². The van der Waals surface area contributed by atoms with Gasteiger partial charge < -0.3 is 10.1 Å². The number of nitrogens with zero attached hydrogens (tertiary/aromatic N) is 1. The molecule has 1 aromatic heterocycles. The van der Waals surface area contributed by atoms with E-state index in [4.69, 9.17) is 4.74 Å². The normalized spacial score (nSPS) is 20.7. The van der Waals surface area contributed by atoms with Gasteiger partial charge in [0.25, 0.3) is 0 Å². The summed E-state index contributed by atoms with van der Waals surface area (Å²) in [6.07, 6.45) is 6.64. The fourth-order valence-electron chi connectivity index (χ4n) is 1.53. The average Bonchev–Trinajstić information content (AvgIpc) is 2.71. The second-order valence-electron chi connectivity index (χ2n) is 3.39. The predicted octanol–water partition coefficient (Wildman–Crippen LogP) is 1.47. The number of hydrogen-bond donors (Lipinski definition) is 1. The summed E-state index contributed by atoms with van der Waals surface area (Å²) in [6.45, 7) is 5.67. The first kappa shape index (κ1) is 9.21. The van der Waals surface area contributed by atoms with Crippen LogP contribution < -0.4 is 10.1 Å².